The highest BCUT2D eigenvalue weighted by atomic mass is 19.4. The molecule has 1 heterocycles. The van der Waals surface area contributed by atoms with Crippen LogP contribution in [0.2, 0.25) is 0 Å². The van der Waals surface area contributed by atoms with E-state index >= 15 is 0 Å². The number of nitrogens with one attached hydrogen (secondary N) is 1. The number of hydrogen-bond acceptors (Lipinski definition) is 3. The van der Waals surface area contributed by atoms with Gasteiger partial charge in [-0.3, -0.25) is 4.79 Å². The van der Waals surface area contributed by atoms with Crippen molar-refractivity contribution in [3.63, 3.8) is 0 Å². The highest BCUT2D eigenvalue weighted by Crippen LogP contribution is 2.31. The molecule has 0 aromatic heterocycles. The topological polar surface area (TPSA) is 58.4 Å². The van der Waals surface area contributed by atoms with Gasteiger partial charge in [0.15, 0.2) is 0 Å². The van der Waals surface area contributed by atoms with Crippen LogP contribution in [0.25, 0.3) is 0 Å². The molecule has 4 nitrogen and oxygen atoms in total. The molecule has 3 N–H and O–H groups in total. The predicted octanol–water partition coefficient (Wildman–Crippen LogP) is 1.72. The van der Waals surface area contributed by atoms with Crippen LogP contribution in [0.15, 0.2) is 18.2 Å². The Hall–Kier alpha value is -1.76. The number of carbonyl (C=O) groups is 1. The Kier molecular flexibility index (Phi) is 4.17. The molecule has 1 amide bonds. The van der Waals surface area contributed by atoms with Gasteiger partial charge in [0, 0.05) is 24.3 Å². The first kappa shape index (κ1) is 14.6. The van der Waals surface area contributed by atoms with Gasteiger partial charge in [0.25, 0.3) is 5.91 Å². The van der Waals surface area contributed by atoms with Gasteiger partial charge in [-0.1, -0.05) is 0 Å². The maximum absolute atomic E-state index is 12.6. The molecule has 2 rings (SSSR count). The number of hydrogen-bond donors (Lipinski definition) is 2. The Morgan fingerprint density at radius 2 is 2.00 bits per heavy atom. The van der Waals surface area contributed by atoms with Crippen LogP contribution >= 0.6 is 0 Å². The molecule has 0 unspecified atom stereocenters. The lowest BCUT2D eigenvalue weighted by atomic mass is 10.1. The van der Waals surface area contributed by atoms with Crippen LogP contribution in [0.3, 0.4) is 0 Å². The Balaban J connectivity index is 1.99. The number of nitrogen functional groups attached to an aromatic ring is 1. The average Bonchev–Trinajstić information content (AvgIpc) is 2.30. The van der Waals surface area contributed by atoms with E-state index in [1.165, 1.54) is 6.07 Å². The molecule has 1 aliphatic rings. The summed E-state index contributed by atoms with van der Waals surface area (Å²) in [6, 6.07) is 2.88. The van der Waals surface area contributed by atoms with E-state index in [4.69, 9.17) is 5.73 Å². The molecule has 0 spiro atoms. The number of anilines is 1. The van der Waals surface area contributed by atoms with E-state index in [9.17, 15) is 18.0 Å². The van der Waals surface area contributed by atoms with Gasteiger partial charge in [0.2, 0.25) is 0 Å². The van der Waals surface area contributed by atoms with E-state index in [1.807, 2.05) is 0 Å². The first-order chi connectivity index (χ1) is 9.36. The van der Waals surface area contributed by atoms with Crippen molar-refractivity contribution in [2.75, 3.05) is 31.9 Å². The zero-order valence-corrected chi connectivity index (χ0v) is 10.8. The van der Waals surface area contributed by atoms with Crippen molar-refractivity contribution < 1.29 is 18.0 Å². The molecular formula is C13H16F3N3O. The molecule has 7 heteroatoms. The Morgan fingerprint density at radius 3 is 2.55 bits per heavy atom. The summed E-state index contributed by atoms with van der Waals surface area (Å²) >= 11 is 0. The molecule has 1 saturated heterocycles. The molecule has 0 aliphatic carbocycles. The lowest BCUT2D eigenvalue weighted by Gasteiger charge is -2.30. The second-order valence-electron chi connectivity index (χ2n) is 4.79. The van der Waals surface area contributed by atoms with Gasteiger partial charge in [0.1, 0.15) is 0 Å². The minimum Gasteiger partial charge on any atom is -0.399 e. The molecule has 0 saturated carbocycles. The minimum absolute atomic E-state index is 0.0686. The second kappa shape index (κ2) is 5.70. The SMILES string of the molecule is Nc1cc(C(=O)NCCN2CCC2)cc(C(F)(F)F)c1. The fourth-order valence-electron chi connectivity index (χ4n) is 1.98. The summed E-state index contributed by atoms with van der Waals surface area (Å²) in [7, 11) is 0. The molecule has 1 fully saturated rings. The van der Waals surface area contributed by atoms with Crippen molar-refractivity contribution in [1.29, 1.82) is 0 Å². The van der Waals surface area contributed by atoms with Crippen molar-refractivity contribution in [3.05, 3.63) is 29.3 Å². The molecule has 110 valence electrons. The average molecular weight is 287 g/mol. The summed E-state index contributed by atoms with van der Waals surface area (Å²) in [6.07, 6.45) is -3.36. The fourth-order valence-corrected chi connectivity index (χ4v) is 1.98. The van der Waals surface area contributed by atoms with Crippen molar-refractivity contribution >= 4 is 11.6 Å². The van der Waals surface area contributed by atoms with Gasteiger partial charge in [0.05, 0.1) is 5.56 Å². The van der Waals surface area contributed by atoms with Crippen LogP contribution in [-0.2, 0) is 6.18 Å². The highest BCUT2D eigenvalue weighted by Gasteiger charge is 2.31. The summed E-state index contributed by atoms with van der Waals surface area (Å²) in [5.74, 6) is -0.539. The molecule has 20 heavy (non-hydrogen) atoms. The van der Waals surface area contributed by atoms with Gasteiger partial charge in [-0.05, 0) is 37.7 Å². The normalized spacial score (nSPS) is 15.8. The van der Waals surface area contributed by atoms with Crippen LogP contribution in [0.1, 0.15) is 22.3 Å². The Labute approximate surface area is 114 Å². The van der Waals surface area contributed by atoms with E-state index in [2.05, 4.69) is 10.2 Å². The van der Waals surface area contributed by atoms with E-state index in [1.54, 1.807) is 0 Å². The standard InChI is InChI=1S/C13H16F3N3O/c14-13(15,16)10-6-9(7-11(17)8-10)12(20)18-2-5-19-3-1-4-19/h6-8H,1-5,17H2,(H,18,20). The van der Waals surface area contributed by atoms with Gasteiger partial charge in [-0.25, -0.2) is 0 Å². The largest absolute Gasteiger partial charge is 0.416 e. The smallest absolute Gasteiger partial charge is 0.399 e. The number of amides is 1. The van der Waals surface area contributed by atoms with E-state index < -0.39 is 17.6 Å². The number of rotatable bonds is 4. The summed E-state index contributed by atoms with van der Waals surface area (Å²) in [5, 5.41) is 2.60. The van der Waals surface area contributed by atoms with Crippen LogP contribution in [-0.4, -0.2) is 37.0 Å². The lowest BCUT2D eigenvalue weighted by molar-refractivity contribution is -0.137. The number of carbonyl (C=O) groups excluding carboxylic acids is 1. The van der Waals surface area contributed by atoms with Crippen LogP contribution in [0.5, 0.6) is 0 Å². The molecule has 1 aromatic carbocycles. The molecule has 1 aromatic rings. The predicted molar refractivity (Wildman–Crippen MR) is 69.2 cm³/mol. The fraction of sp³-hybridized carbons (Fsp3) is 0.462. The number of likely N-dealkylation sites (tertiary alicyclic amines) is 1. The third-order valence-electron chi connectivity index (χ3n) is 3.21. The first-order valence-electron chi connectivity index (χ1n) is 6.34. The number of halogens is 3. The number of alkyl halides is 3. The van der Waals surface area contributed by atoms with Gasteiger partial charge >= 0.3 is 6.18 Å². The van der Waals surface area contributed by atoms with Crippen molar-refractivity contribution in [2.24, 2.45) is 0 Å². The maximum atomic E-state index is 12.6. The zero-order chi connectivity index (χ0) is 14.8. The Morgan fingerprint density at radius 1 is 1.30 bits per heavy atom. The minimum atomic E-state index is -4.51. The highest BCUT2D eigenvalue weighted by molar-refractivity contribution is 5.95. The lowest BCUT2D eigenvalue weighted by Crippen LogP contribution is -2.42. The third-order valence-corrected chi connectivity index (χ3v) is 3.21. The van der Waals surface area contributed by atoms with Gasteiger partial charge in [-0.15, -0.1) is 0 Å². The van der Waals surface area contributed by atoms with E-state index in [0.29, 0.717) is 13.1 Å². The quantitative estimate of drug-likeness (QED) is 0.829. The van der Waals surface area contributed by atoms with Gasteiger partial charge in [-0.2, -0.15) is 13.2 Å². The van der Waals surface area contributed by atoms with Crippen molar-refractivity contribution in [3.8, 4) is 0 Å². The second-order valence-corrected chi connectivity index (χ2v) is 4.79. The van der Waals surface area contributed by atoms with Crippen molar-refractivity contribution in [2.45, 2.75) is 12.6 Å². The van der Waals surface area contributed by atoms with Crippen LogP contribution in [0, 0.1) is 0 Å². The monoisotopic (exact) mass is 287 g/mol. The van der Waals surface area contributed by atoms with Crippen LogP contribution < -0.4 is 11.1 Å². The van der Waals surface area contributed by atoms with Crippen LogP contribution in [0.4, 0.5) is 18.9 Å². The molecule has 0 radical (unpaired) electrons. The van der Waals surface area contributed by atoms with E-state index in [-0.39, 0.29) is 11.3 Å². The Bertz CT molecular complexity index is 498. The van der Waals surface area contributed by atoms with E-state index in [0.717, 1.165) is 31.6 Å². The number of nitrogens with zero attached hydrogens (tertiary/aromatic N) is 1. The third kappa shape index (κ3) is 3.63. The number of benzene rings is 1. The van der Waals surface area contributed by atoms with Crippen molar-refractivity contribution in [1.82, 2.24) is 10.2 Å². The summed E-state index contributed by atoms with van der Waals surface area (Å²) in [5.41, 5.74) is 4.36. The summed E-state index contributed by atoms with van der Waals surface area (Å²) < 4.78 is 37.9. The molecule has 0 atom stereocenters. The first-order valence-corrected chi connectivity index (χ1v) is 6.34. The molecular weight excluding hydrogens is 271 g/mol. The number of nitrogens with two attached hydrogens (primary N) is 1. The maximum Gasteiger partial charge on any atom is 0.416 e. The molecule has 1 aliphatic heterocycles. The summed E-state index contributed by atoms with van der Waals surface area (Å²) in [4.78, 5) is 14.0. The van der Waals surface area contributed by atoms with Gasteiger partial charge < -0.3 is 16.0 Å². The summed E-state index contributed by atoms with van der Waals surface area (Å²) in [6.45, 7) is 3.13. The zero-order valence-electron chi connectivity index (χ0n) is 10.8. The molecule has 0 bridgehead atoms.